The number of nitrogens with zero attached hydrogens (tertiary/aromatic N) is 1. The summed E-state index contributed by atoms with van der Waals surface area (Å²) < 4.78 is 52.7. The smallest absolute Gasteiger partial charge is 0.417 e. The fourth-order valence-electron chi connectivity index (χ4n) is 4.94. The van der Waals surface area contributed by atoms with E-state index in [1.165, 1.54) is 22.3 Å². The third kappa shape index (κ3) is 5.68. The predicted molar refractivity (Wildman–Crippen MR) is 142 cm³/mol. The summed E-state index contributed by atoms with van der Waals surface area (Å²) in [6.45, 7) is 5.92. The molecular weight excluding hydrogens is 533 g/mol. The van der Waals surface area contributed by atoms with E-state index in [-0.39, 0.29) is 30.0 Å². The molecule has 11 heteroatoms. The predicted octanol–water partition coefficient (Wildman–Crippen LogP) is 6.40. The zero-order valence-electron chi connectivity index (χ0n) is 22.1. The molecule has 1 aliphatic heterocycles. The van der Waals surface area contributed by atoms with E-state index in [1.54, 1.807) is 6.92 Å². The number of alkyl halides is 3. The van der Waals surface area contributed by atoms with Crippen LogP contribution in [0.5, 0.6) is 5.75 Å². The molecular formula is C28H31F3N2O5S. The van der Waals surface area contributed by atoms with Gasteiger partial charge in [-0.2, -0.15) is 24.5 Å². The molecule has 2 aromatic heterocycles. The Labute approximate surface area is 227 Å². The van der Waals surface area contributed by atoms with Gasteiger partial charge in [0, 0.05) is 23.6 Å². The van der Waals surface area contributed by atoms with Crippen LogP contribution in [0.1, 0.15) is 68.7 Å². The van der Waals surface area contributed by atoms with Crippen LogP contribution in [0.2, 0.25) is 0 Å². The molecule has 3 amide bonds. The topological polar surface area (TPSA) is 88.8 Å². The molecule has 1 saturated heterocycles. The first-order valence-corrected chi connectivity index (χ1v) is 13.9. The van der Waals surface area contributed by atoms with Crippen LogP contribution in [-0.2, 0) is 29.4 Å². The van der Waals surface area contributed by atoms with Crippen molar-refractivity contribution in [2.75, 3.05) is 13.2 Å². The SMILES string of the molecule is CCCc1cc2c(C(F)(F)F)cc(=O)oc2c(CCC)c1OCCCCN1C(=O)NC(C)(c2ccsc2)C1=O. The van der Waals surface area contributed by atoms with Gasteiger partial charge in [0.1, 0.15) is 16.9 Å². The maximum Gasteiger partial charge on any atom is 0.417 e. The maximum atomic E-state index is 13.8. The standard InChI is InChI=1S/C28H31F3N2O5S/c1-4-8-17-14-20-21(28(29,30)31)15-22(34)38-24(20)19(9-5-2)23(17)37-12-7-6-11-33-25(35)27(3,32-26(33)36)18-10-13-39-16-18/h10,13-16H,4-9,11-12H2,1-3H3,(H,32,36). The van der Waals surface area contributed by atoms with Crippen molar-refractivity contribution in [2.24, 2.45) is 0 Å². The number of carbonyl (C=O) groups excluding carboxylic acids is 2. The normalized spacial score (nSPS) is 17.7. The lowest BCUT2D eigenvalue weighted by Gasteiger charge is -2.21. The Balaban J connectivity index is 1.52. The minimum Gasteiger partial charge on any atom is -0.493 e. The van der Waals surface area contributed by atoms with Gasteiger partial charge in [-0.1, -0.05) is 26.7 Å². The van der Waals surface area contributed by atoms with E-state index in [9.17, 15) is 27.6 Å². The number of carbonyl (C=O) groups is 2. The summed E-state index contributed by atoms with van der Waals surface area (Å²) in [7, 11) is 0. The lowest BCUT2D eigenvalue weighted by molar-refractivity contribution is -0.136. The largest absolute Gasteiger partial charge is 0.493 e. The van der Waals surface area contributed by atoms with Crippen LogP contribution in [0.25, 0.3) is 11.0 Å². The minimum absolute atomic E-state index is 0.0985. The average Bonchev–Trinajstić information content (AvgIpc) is 3.49. The number of amides is 3. The molecule has 1 unspecified atom stereocenters. The van der Waals surface area contributed by atoms with Gasteiger partial charge >= 0.3 is 17.8 Å². The van der Waals surface area contributed by atoms with Crippen LogP contribution in [-0.4, -0.2) is 30.0 Å². The number of thiophene rings is 1. The molecule has 3 heterocycles. The minimum atomic E-state index is -4.71. The van der Waals surface area contributed by atoms with Crippen molar-refractivity contribution in [1.29, 1.82) is 0 Å². The molecule has 1 fully saturated rings. The van der Waals surface area contributed by atoms with Gasteiger partial charge in [0.25, 0.3) is 5.91 Å². The van der Waals surface area contributed by atoms with Gasteiger partial charge < -0.3 is 14.5 Å². The third-order valence-corrected chi connectivity index (χ3v) is 7.56. The van der Waals surface area contributed by atoms with Crippen molar-refractivity contribution < 1.29 is 31.9 Å². The second-order valence-corrected chi connectivity index (χ2v) is 10.6. The number of nitrogens with one attached hydrogen (secondary N) is 1. The number of rotatable bonds is 11. The molecule has 4 rings (SSSR count). The highest BCUT2D eigenvalue weighted by Crippen LogP contribution is 2.40. The lowest BCUT2D eigenvalue weighted by Crippen LogP contribution is -2.40. The zero-order chi connectivity index (χ0) is 28.4. The Kier molecular flexibility index (Phi) is 8.39. The molecule has 39 heavy (non-hydrogen) atoms. The molecule has 1 atom stereocenters. The molecule has 0 spiro atoms. The average molecular weight is 565 g/mol. The number of halogens is 3. The van der Waals surface area contributed by atoms with Crippen LogP contribution in [0.3, 0.4) is 0 Å². The maximum absolute atomic E-state index is 13.8. The molecule has 3 aromatic rings. The second kappa shape index (κ2) is 11.4. The monoisotopic (exact) mass is 564 g/mol. The van der Waals surface area contributed by atoms with E-state index in [0.29, 0.717) is 61.5 Å². The summed E-state index contributed by atoms with van der Waals surface area (Å²) in [5.74, 6) is 0.126. The van der Waals surface area contributed by atoms with E-state index < -0.39 is 28.9 Å². The summed E-state index contributed by atoms with van der Waals surface area (Å²) in [6, 6.07) is 3.27. The van der Waals surface area contributed by atoms with Crippen LogP contribution < -0.4 is 15.7 Å². The molecule has 1 aromatic carbocycles. The van der Waals surface area contributed by atoms with Gasteiger partial charge in [-0.05, 0) is 66.6 Å². The number of imide groups is 1. The molecule has 7 nitrogen and oxygen atoms in total. The number of aryl methyl sites for hydroxylation is 2. The number of hydrogen-bond donors (Lipinski definition) is 1. The lowest BCUT2D eigenvalue weighted by atomic mass is 9.95. The molecule has 210 valence electrons. The van der Waals surface area contributed by atoms with Gasteiger partial charge in [0.15, 0.2) is 0 Å². The summed E-state index contributed by atoms with van der Waals surface area (Å²) >= 11 is 1.45. The third-order valence-electron chi connectivity index (χ3n) is 6.88. The highest BCUT2D eigenvalue weighted by Gasteiger charge is 2.48. The second-order valence-electron chi connectivity index (χ2n) is 9.78. The highest BCUT2D eigenvalue weighted by atomic mass is 32.1. The van der Waals surface area contributed by atoms with Gasteiger partial charge in [0.05, 0.1) is 12.2 Å². The van der Waals surface area contributed by atoms with Crippen molar-refractivity contribution in [2.45, 2.75) is 71.0 Å². The fourth-order valence-corrected chi connectivity index (χ4v) is 5.71. The molecule has 1 aliphatic rings. The van der Waals surface area contributed by atoms with Crippen molar-refractivity contribution in [1.82, 2.24) is 10.2 Å². The van der Waals surface area contributed by atoms with E-state index in [0.717, 1.165) is 5.56 Å². The summed E-state index contributed by atoms with van der Waals surface area (Å²) in [4.78, 5) is 38.8. The summed E-state index contributed by atoms with van der Waals surface area (Å²) in [6.07, 6.45) is -1.59. The van der Waals surface area contributed by atoms with Crippen LogP contribution in [0, 0.1) is 0 Å². The highest BCUT2D eigenvalue weighted by molar-refractivity contribution is 7.08. The van der Waals surface area contributed by atoms with Gasteiger partial charge in [-0.25, -0.2) is 9.59 Å². The van der Waals surface area contributed by atoms with Crippen LogP contribution in [0.4, 0.5) is 18.0 Å². The molecule has 0 bridgehead atoms. The Hall–Kier alpha value is -3.34. The van der Waals surface area contributed by atoms with Crippen molar-refractivity contribution in [3.8, 4) is 5.75 Å². The number of unbranched alkanes of at least 4 members (excludes halogenated alkanes) is 1. The quantitative estimate of drug-likeness (QED) is 0.165. The van der Waals surface area contributed by atoms with Gasteiger partial charge in [-0.15, -0.1) is 0 Å². The summed E-state index contributed by atoms with van der Waals surface area (Å²) in [5, 5.41) is 6.31. The molecule has 0 saturated carbocycles. The molecule has 0 radical (unpaired) electrons. The fraction of sp³-hybridized carbons (Fsp3) is 0.464. The van der Waals surface area contributed by atoms with Crippen LogP contribution in [0.15, 0.2) is 38.2 Å². The van der Waals surface area contributed by atoms with Gasteiger partial charge in [0.2, 0.25) is 0 Å². The first kappa shape index (κ1) is 28.7. The Morgan fingerprint density at radius 2 is 1.85 bits per heavy atom. The Bertz CT molecular complexity index is 1420. The molecule has 0 aliphatic carbocycles. The Morgan fingerprint density at radius 1 is 1.10 bits per heavy atom. The number of urea groups is 1. The van der Waals surface area contributed by atoms with E-state index in [4.69, 9.17) is 9.15 Å². The molecule has 1 N–H and O–H groups in total. The first-order chi connectivity index (χ1) is 18.5. The van der Waals surface area contributed by atoms with Crippen molar-refractivity contribution in [3.63, 3.8) is 0 Å². The van der Waals surface area contributed by atoms with Crippen molar-refractivity contribution >= 4 is 34.2 Å². The zero-order valence-corrected chi connectivity index (χ0v) is 22.9. The van der Waals surface area contributed by atoms with Gasteiger partial charge in [-0.3, -0.25) is 9.69 Å². The van der Waals surface area contributed by atoms with E-state index in [2.05, 4.69) is 5.32 Å². The van der Waals surface area contributed by atoms with Crippen molar-refractivity contribution in [3.05, 3.63) is 61.6 Å². The van der Waals surface area contributed by atoms with Crippen LogP contribution >= 0.6 is 11.3 Å². The van der Waals surface area contributed by atoms with E-state index in [1.807, 2.05) is 30.7 Å². The number of ether oxygens (including phenoxy) is 1. The number of hydrogen-bond acceptors (Lipinski definition) is 6. The van der Waals surface area contributed by atoms with E-state index >= 15 is 0 Å². The first-order valence-electron chi connectivity index (χ1n) is 13.0. The number of fused-ring (bicyclic) bond motifs is 1. The number of benzene rings is 1. The summed E-state index contributed by atoms with van der Waals surface area (Å²) in [5.41, 5.74) is -1.47. The Morgan fingerprint density at radius 3 is 2.49 bits per heavy atom.